The van der Waals surface area contributed by atoms with E-state index < -0.39 is 14.4 Å². The van der Waals surface area contributed by atoms with Crippen molar-refractivity contribution in [2.24, 2.45) is 0 Å². The van der Waals surface area contributed by atoms with Gasteiger partial charge in [0, 0.05) is 6.42 Å². The molecule has 0 heterocycles. The number of unbranched alkanes of at least 4 members (excludes halogenated alkanes) is 5. The molecule has 0 aliphatic heterocycles. The van der Waals surface area contributed by atoms with Crippen LogP contribution in [-0.2, 0) is 14.0 Å². The summed E-state index contributed by atoms with van der Waals surface area (Å²) in [5.41, 5.74) is 0. The number of carbonyl (C=O) groups excluding carboxylic acids is 1. The van der Waals surface area contributed by atoms with E-state index >= 15 is 0 Å². The molecule has 0 fully saturated rings. The summed E-state index contributed by atoms with van der Waals surface area (Å²) in [5, 5.41) is 0. The van der Waals surface area contributed by atoms with Gasteiger partial charge in [-0.05, 0) is 58.2 Å². The van der Waals surface area contributed by atoms with Crippen molar-refractivity contribution in [3.63, 3.8) is 0 Å². The summed E-state index contributed by atoms with van der Waals surface area (Å²) in [4.78, 5) is 11.0. The number of methoxy groups -OCH3 is 1. The average molecular weight is 382 g/mol. The lowest BCUT2D eigenvalue weighted by Gasteiger charge is -2.22. The molecular formula is C22H40O3Si. The highest BCUT2D eigenvalue weighted by Gasteiger charge is 2.17. The Hall–Kier alpha value is -1.13. The zero-order valence-electron chi connectivity index (χ0n) is 18.6. The van der Waals surface area contributed by atoms with Crippen LogP contribution >= 0.6 is 0 Å². The largest absolute Gasteiger partial charge is 0.469 e. The fourth-order valence-corrected chi connectivity index (χ4v) is 3.14. The van der Waals surface area contributed by atoms with Gasteiger partial charge < -0.3 is 9.16 Å². The van der Waals surface area contributed by atoms with Gasteiger partial charge in [0.05, 0.1) is 14.6 Å². The normalized spacial score (nSPS) is 15.7. The first-order chi connectivity index (χ1) is 12.7. The molecular weight excluding hydrogens is 340 g/mol. The standard InChI is InChI=1S/C22H40O3Si/c1-6-7-8-12-15-18-21(25-26(3,4)5)19-16-13-10-9-11-14-17-20-22(23)24-2/h9-10,15-16,18-19,21H,6-8,11-14,17,20H2,1-5H3/b10-9-,18-15-,19-16-/t21-/m0/s1/i21D. The molecule has 0 unspecified atom stereocenters. The van der Waals surface area contributed by atoms with Crippen LogP contribution in [0.2, 0.25) is 19.6 Å². The quantitative estimate of drug-likeness (QED) is 0.139. The summed E-state index contributed by atoms with van der Waals surface area (Å²) < 4.78 is 19.4. The number of allylic oxidation sites excluding steroid dienone is 4. The first-order valence-corrected chi connectivity index (χ1v) is 13.4. The highest BCUT2D eigenvalue weighted by atomic mass is 28.4. The maximum atomic E-state index is 11.0. The smallest absolute Gasteiger partial charge is 0.305 e. The Morgan fingerprint density at radius 1 is 1.00 bits per heavy atom. The number of ether oxygens (including phenoxy) is 1. The first-order valence-electron chi connectivity index (χ1n) is 10.5. The minimum Gasteiger partial charge on any atom is -0.469 e. The predicted molar refractivity (Wildman–Crippen MR) is 115 cm³/mol. The molecule has 0 amide bonds. The van der Waals surface area contributed by atoms with E-state index in [0.717, 1.165) is 32.1 Å². The van der Waals surface area contributed by atoms with Crippen LogP contribution in [0.3, 0.4) is 0 Å². The molecule has 1 atom stereocenters. The number of carbonyl (C=O) groups is 1. The van der Waals surface area contributed by atoms with E-state index in [0.29, 0.717) is 6.42 Å². The van der Waals surface area contributed by atoms with Crippen molar-refractivity contribution in [1.82, 2.24) is 0 Å². The summed E-state index contributed by atoms with van der Waals surface area (Å²) in [7, 11) is -0.393. The summed E-state index contributed by atoms with van der Waals surface area (Å²) >= 11 is 0. The Bertz CT molecular complexity index is 480. The molecule has 0 saturated carbocycles. The van der Waals surface area contributed by atoms with Crippen molar-refractivity contribution < 1.29 is 15.3 Å². The van der Waals surface area contributed by atoms with Gasteiger partial charge in [-0.15, -0.1) is 0 Å². The molecule has 0 aromatic carbocycles. The van der Waals surface area contributed by atoms with E-state index in [1.54, 1.807) is 0 Å². The molecule has 26 heavy (non-hydrogen) atoms. The van der Waals surface area contributed by atoms with Gasteiger partial charge in [-0.1, -0.05) is 56.2 Å². The predicted octanol–water partition coefficient (Wildman–Crippen LogP) is 6.58. The van der Waals surface area contributed by atoms with Crippen LogP contribution in [0.4, 0.5) is 0 Å². The molecule has 3 nitrogen and oxygen atoms in total. The van der Waals surface area contributed by atoms with E-state index in [2.05, 4.69) is 49.5 Å². The molecule has 0 radical (unpaired) electrons. The number of esters is 1. The van der Waals surface area contributed by atoms with E-state index in [-0.39, 0.29) is 5.97 Å². The summed E-state index contributed by atoms with van der Waals surface area (Å²) in [6.07, 6.45) is 19.7. The molecule has 0 rings (SSSR count). The van der Waals surface area contributed by atoms with Gasteiger partial charge in [0.25, 0.3) is 0 Å². The third kappa shape index (κ3) is 17.7. The van der Waals surface area contributed by atoms with Crippen molar-refractivity contribution in [1.29, 1.82) is 0 Å². The van der Waals surface area contributed by atoms with Crippen LogP contribution in [0.15, 0.2) is 36.5 Å². The molecule has 0 aromatic heterocycles. The second-order valence-electron chi connectivity index (χ2n) is 7.45. The summed E-state index contributed by atoms with van der Waals surface area (Å²) in [6.45, 7) is 8.54. The molecule has 0 N–H and O–H groups in total. The van der Waals surface area contributed by atoms with Crippen LogP contribution in [-0.4, -0.2) is 27.5 Å². The van der Waals surface area contributed by atoms with Crippen molar-refractivity contribution in [3.8, 4) is 0 Å². The van der Waals surface area contributed by atoms with Crippen molar-refractivity contribution in [3.05, 3.63) is 36.5 Å². The fourth-order valence-electron chi connectivity index (χ4n) is 2.30. The highest BCUT2D eigenvalue weighted by Crippen LogP contribution is 2.11. The van der Waals surface area contributed by atoms with Crippen molar-refractivity contribution >= 4 is 14.3 Å². The lowest BCUT2D eigenvalue weighted by atomic mass is 10.1. The maximum Gasteiger partial charge on any atom is 0.305 e. The molecule has 0 aliphatic rings. The molecule has 0 bridgehead atoms. The molecule has 0 aliphatic carbocycles. The maximum absolute atomic E-state index is 11.0. The molecule has 150 valence electrons. The zero-order chi connectivity index (χ0) is 20.6. The second-order valence-corrected chi connectivity index (χ2v) is 11.9. The van der Waals surface area contributed by atoms with Crippen LogP contribution < -0.4 is 0 Å². The van der Waals surface area contributed by atoms with Gasteiger partial charge in [-0.3, -0.25) is 4.79 Å². The first kappa shape index (κ1) is 22.9. The topological polar surface area (TPSA) is 35.5 Å². The summed E-state index contributed by atoms with van der Waals surface area (Å²) in [6, 6.07) is 0. The molecule has 0 aromatic rings. The van der Waals surface area contributed by atoms with Gasteiger partial charge in [-0.25, -0.2) is 0 Å². The minimum atomic E-state index is -1.82. The fraction of sp³-hybridized carbons (Fsp3) is 0.682. The third-order valence-electron chi connectivity index (χ3n) is 3.63. The Morgan fingerprint density at radius 3 is 2.31 bits per heavy atom. The van der Waals surface area contributed by atoms with Crippen LogP contribution in [0.1, 0.15) is 66.1 Å². The highest BCUT2D eigenvalue weighted by molar-refractivity contribution is 6.69. The Labute approximate surface area is 164 Å². The van der Waals surface area contributed by atoms with Crippen LogP contribution in [0, 0.1) is 0 Å². The second kappa shape index (κ2) is 16.1. The average Bonchev–Trinajstić information content (AvgIpc) is 2.58. The van der Waals surface area contributed by atoms with Gasteiger partial charge in [-0.2, -0.15) is 0 Å². The molecule has 0 spiro atoms. The Kier molecular flexibility index (Phi) is 14.2. The van der Waals surface area contributed by atoms with E-state index in [9.17, 15) is 4.79 Å². The monoisotopic (exact) mass is 381 g/mol. The van der Waals surface area contributed by atoms with Crippen molar-refractivity contribution in [2.75, 3.05) is 7.11 Å². The van der Waals surface area contributed by atoms with Crippen molar-refractivity contribution in [2.45, 2.75) is 90.4 Å². The van der Waals surface area contributed by atoms with Gasteiger partial charge in [0.1, 0.15) is 0 Å². The molecule has 4 heteroatoms. The van der Waals surface area contributed by atoms with E-state index in [4.69, 9.17) is 5.80 Å². The van der Waals surface area contributed by atoms with Crippen LogP contribution in [0.5, 0.6) is 0 Å². The lowest BCUT2D eigenvalue weighted by Crippen LogP contribution is -2.30. The lowest BCUT2D eigenvalue weighted by molar-refractivity contribution is -0.140. The van der Waals surface area contributed by atoms with E-state index in [1.165, 1.54) is 26.4 Å². The number of hydrogen-bond acceptors (Lipinski definition) is 3. The zero-order valence-corrected chi connectivity index (χ0v) is 18.6. The molecule has 0 saturated heterocycles. The van der Waals surface area contributed by atoms with Gasteiger partial charge >= 0.3 is 5.97 Å². The number of rotatable bonds is 15. The summed E-state index contributed by atoms with van der Waals surface area (Å²) in [5.74, 6) is -0.140. The van der Waals surface area contributed by atoms with Gasteiger partial charge in [0.2, 0.25) is 0 Å². The Balaban J connectivity index is 4.39. The SMILES string of the molecule is [2H][C@@](/C=C\C/C=C\CCCCC(=O)OC)(/C=C\CCCCC)O[Si](C)(C)C. The number of hydrogen-bond donors (Lipinski definition) is 0. The minimum absolute atomic E-state index is 0.140. The third-order valence-corrected chi connectivity index (χ3v) is 4.48. The Morgan fingerprint density at radius 2 is 1.65 bits per heavy atom. The van der Waals surface area contributed by atoms with Crippen LogP contribution in [0.25, 0.3) is 0 Å². The van der Waals surface area contributed by atoms with E-state index in [1.807, 2.05) is 18.2 Å². The van der Waals surface area contributed by atoms with Gasteiger partial charge in [0.15, 0.2) is 8.32 Å².